The number of phenolic OH excluding ortho intramolecular Hbond substituents is 1. The van der Waals surface area contributed by atoms with Crippen molar-refractivity contribution in [1.29, 1.82) is 0 Å². The molecule has 1 saturated heterocycles. The topological polar surface area (TPSA) is 37.3 Å². The van der Waals surface area contributed by atoms with Crippen molar-refractivity contribution in [3.63, 3.8) is 0 Å². The average Bonchev–Trinajstić information content (AvgIpc) is 2.77. The van der Waals surface area contributed by atoms with Crippen LogP contribution in [0.2, 0.25) is 0 Å². The van der Waals surface area contributed by atoms with Crippen LogP contribution in [0.4, 0.5) is 0 Å². The number of thioether (sulfide) groups is 1. The summed E-state index contributed by atoms with van der Waals surface area (Å²) < 4.78 is 0. The Morgan fingerprint density at radius 3 is 2.93 bits per heavy atom. The summed E-state index contributed by atoms with van der Waals surface area (Å²) in [6.07, 6.45) is 3.15. The van der Waals surface area contributed by atoms with E-state index in [1.165, 1.54) is 12.0 Å². The number of hydrogen-bond donors (Lipinski definition) is 1. The first-order valence-electron chi connectivity index (χ1n) is 4.77. The van der Waals surface area contributed by atoms with Crippen molar-refractivity contribution in [2.75, 3.05) is 0 Å². The smallest absolute Gasteiger partial charge is 0.150 e. The van der Waals surface area contributed by atoms with Gasteiger partial charge in [0.05, 0.1) is 0 Å². The molecule has 0 aliphatic carbocycles. The summed E-state index contributed by atoms with van der Waals surface area (Å²) in [6.45, 7) is 0. The Hall–Kier alpha value is -0.960. The highest BCUT2D eigenvalue weighted by Gasteiger charge is 2.39. The minimum atomic E-state index is 0.310. The summed E-state index contributed by atoms with van der Waals surface area (Å²) in [7, 11) is 0. The quantitative estimate of drug-likeness (QED) is 0.718. The SMILES string of the molecule is O=Cc1cc(O)c2c(c1)C1CCC2S1. The van der Waals surface area contributed by atoms with Gasteiger partial charge in [0.2, 0.25) is 0 Å². The fourth-order valence-electron chi connectivity index (χ4n) is 2.45. The molecular weight excluding hydrogens is 196 g/mol. The Morgan fingerprint density at radius 2 is 2.14 bits per heavy atom. The second kappa shape index (κ2) is 2.76. The van der Waals surface area contributed by atoms with Gasteiger partial charge < -0.3 is 5.11 Å². The minimum absolute atomic E-state index is 0.310. The van der Waals surface area contributed by atoms with Crippen LogP contribution in [0.1, 0.15) is 44.8 Å². The van der Waals surface area contributed by atoms with E-state index in [0.29, 0.717) is 21.8 Å². The molecule has 2 aliphatic heterocycles. The van der Waals surface area contributed by atoms with Gasteiger partial charge in [-0.2, -0.15) is 0 Å². The number of aldehydes is 1. The zero-order valence-electron chi connectivity index (χ0n) is 7.56. The normalized spacial score (nSPS) is 27.7. The fourth-order valence-corrected chi connectivity index (χ4v) is 4.12. The van der Waals surface area contributed by atoms with E-state index in [0.717, 1.165) is 18.3 Å². The van der Waals surface area contributed by atoms with Crippen LogP contribution < -0.4 is 0 Å². The lowest BCUT2D eigenvalue weighted by molar-refractivity contribution is 0.112. The number of benzene rings is 1. The molecule has 0 amide bonds. The molecule has 3 rings (SSSR count). The predicted octanol–water partition coefficient (Wildman–Crippen LogP) is 2.83. The zero-order chi connectivity index (χ0) is 9.71. The van der Waals surface area contributed by atoms with Crippen molar-refractivity contribution in [3.05, 3.63) is 28.8 Å². The summed E-state index contributed by atoms with van der Waals surface area (Å²) in [4.78, 5) is 10.6. The molecule has 1 aromatic rings. The van der Waals surface area contributed by atoms with Crippen LogP contribution in [0.25, 0.3) is 0 Å². The van der Waals surface area contributed by atoms with Crippen molar-refractivity contribution in [1.82, 2.24) is 0 Å². The Kier molecular flexibility index (Phi) is 1.65. The standard InChI is InChI=1S/C11H10O2S/c12-5-6-3-7-9-1-2-10(14-9)11(7)8(13)4-6/h3-5,9-10,13H,1-2H2. The number of carbonyl (C=O) groups is 1. The lowest BCUT2D eigenvalue weighted by Crippen LogP contribution is -1.99. The molecule has 72 valence electrons. The molecule has 2 bridgehead atoms. The van der Waals surface area contributed by atoms with Crippen LogP contribution in [-0.2, 0) is 0 Å². The molecule has 1 N–H and O–H groups in total. The zero-order valence-corrected chi connectivity index (χ0v) is 8.38. The molecule has 2 heterocycles. The highest BCUT2D eigenvalue weighted by molar-refractivity contribution is 8.00. The molecule has 14 heavy (non-hydrogen) atoms. The van der Waals surface area contributed by atoms with Crippen LogP contribution in [0.5, 0.6) is 5.75 Å². The van der Waals surface area contributed by atoms with E-state index in [2.05, 4.69) is 0 Å². The molecule has 1 aromatic carbocycles. The number of rotatable bonds is 1. The fraction of sp³-hybridized carbons (Fsp3) is 0.364. The van der Waals surface area contributed by atoms with Crippen LogP contribution in [-0.4, -0.2) is 11.4 Å². The molecule has 1 fully saturated rings. The molecule has 2 atom stereocenters. The van der Waals surface area contributed by atoms with Crippen molar-refractivity contribution in [2.45, 2.75) is 23.3 Å². The third-order valence-corrected chi connectivity index (χ3v) is 4.66. The maximum atomic E-state index is 10.6. The summed E-state index contributed by atoms with van der Waals surface area (Å²) in [6, 6.07) is 3.51. The number of phenols is 1. The molecule has 2 unspecified atom stereocenters. The third-order valence-electron chi connectivity index (χ3n) is 3.04. The number of hydrogen-bond acceptors (Lipinski definition) is 3. The van der Waals surface area contributed by atoms with Crippen molar-refractivity contribution < 1.29 is 9.90 Å². The van der Waals surface area contributed by atoms with E-state index in [9.17, 15) is 9.90 Å². The van der Waals surface area contributed by atoms with E-state index < -0.39 is 0 Å². The molecule has 3 heteroatoms. The van der Waals surface area contributed by atoms with Gasteiger partial charge in [-0.05, 0) is 30.5 Å². The maximum Gasteiger partial charge on any atom is 0.150 e. The number of fused-ring (bicyclic) bond motifs is 5. The van der Waals surface area contributed by atoms with E-state index in [4.69, 9.17) is 0 Å². The molecule has 2 aliphatic rings. The Morgan fingerprint density at radius 1 is 1.36 bits per heavy atom. The molecular formula is C11H10O2S. The van der Waals surface area contributed by atoms with Crippen LogP contribution in [0.3, 0.4) is 0 Å². The molecule has 2 nitrogen and oxygen atoms in total. The van der Waals surface area contributed by atoms with Gasteiger partial charge >= 0.3 is 0 Å². The maximum absolute atomic E-state index is 10.6. The highest BCUT2D eigenvalue weighted by atomic mass is 32.2. The molecule has 0 aromatic heterocycles. The summed E-state index contributed by atoms with van der Waals surface area (Å²) in [5.41, 5.74) is 2.86. The van der Waals surface area contributed by atoms with Gasteiger partial charge in [-0.3, -0.25) is 4.79 Å². The summed E-state index contributed by atoms with van der Waals surface area (Å²) in [5.74, 6) is 0.310. The van der Waals surface area contributed by atoms with Gasteiger partial charge in [-0.15, -0.1) is 11.8 Å². The molecule has 0 spiro atoms. The molecule has 0 saturated carbocycles. The van der Waals surface area contributed by atoms with Gasteiger partial charge in [-0.1, -0.05) is 0 Å². The lowest BCUT2D eigenvalue weighted by Gasteiger charge is -2.14. The van der Waals surface area contributed by atoms with Gasteiger partial charge in [0, 0.05) is 21.6 Å². The van der Waals surface area contributed by atoms with Crippen molar-refractivity contribution >= 4 is 18.0 Å². The first-order valence-corrected chi connectivity index (χ1v) is 5.71. The van der Waals surface area contributed by atoms with Crippen LogP contribution in [0.15, 0.2) is 12.1 Å². The van der Waals surface area contributed by atoms with Gasteiger partial charge in [0.15, 0.2) is 0 Å². The average molecular weight is 206 g/mol. The lowest BCUT2D eigenvalue weighted by atomic mass is 9.90. The largest absolute Gasteiger partial charge is 0.508 e. The van der Waals surface area contributed by atoms with E-state index in [1.54, 1.807) is 6.07 Å². The van der Waals surface area contributed by atoms with Crippen LogP contribution >= 0.6 is 11.8 Å². The second-order valence-corrected chi connectivity index (χ2v) is 5.26. The Labute approximate surface area is 86.3 Å². The number of carbonyl (C=O) groups excluding carboxylic acids is 1. The predicted molar refractivity (Wildman–Crippen MR) is 55.8 cm³/mol. The number of aromatic hydroxyl groups is 1. The van der Waals surface area contributed by atoms with Gasteiger partial charge in [0.25, 0.3) is 0 Å². The Bertz CT molecular complexity index is 414. The first kappa shape index (κ1) is 8.36. The molecule has 0 radical (unpaired) electrons. The highest BCUT2D eigenvalue weighted by Crippen LogP contribution is 2.62. The summed E-state index contributed by atoms with van der Waals surface area (Å²) >= 11 is 1.92. The van der Waals surface area contributed by atoms with Gasteiger partial charge in [0.1, 0.15) is 12.0 Å². The first-order chi connectivity index (χ1) is 6.79. The second-order valence-electron chi connectivity index (χ2n) is 3.85. The summed E-state index contributed by atoms with van der Waals surface area (Å²) in [5, 5.41) is 10.8. The van der Waals surface area contributed by atoms with E-state index in [-0.39, 0.29) is 0 Å². The third kappa shape index (κ3) is 0.960. The van der Waals surface area contributed by atoms with Crippen molar-refractivity contribution in [3.8, 4) is 5.75 Å². The Balaban J connectivity index is 2.23. The van der Waals surface area contributed by atoms with E-state index in [1.807, 2.05) is 17.8 Å². The monoisotopic (exact) mass is 206 g/mol. The minimum Gasteiger partial charge on any atom is -0.508 e. The van der Waals surface area contributed by atoms with Gasteiger partial charge in [-0.25, -0.2) is 0 Å². The van der Waals surface area contributed by atoms with Crippen LogP contribution in [0, 0.1) is 0 Å². The van der Waals surface area contributed by atoms with E-state index >= 15 is 0 Å². The van der Waals surface area contributed by atoms with Crippen molar-refractivity contribution in [2.24, 2.45) is 0 Å².